The van der Waals surface area contributed by atoms with Crippen molar-refractivity contribution in [1.29, 1.82) is 0 Å². The largest absolute Gasteiger partial charge is 0.495 e. The number of hydrogen-bond donors (Lipinski definition) is 1. The highest BCUT2D eigenvalue weighted by Gasteiger charge is 2.29. The Bertz CT molecular complexity index is 1190. The molecule has 0 heterocycles. The van der Waals surface area contributed by atoms with E-state index in [0.717, 1.165) is 21.0 Å². The minimum atomic E-state index is -4.00. The molecule has 0 aliphatic rings. The van der Waals surface area contributed by atoms with E-state index >= 15 is 0 Å². The summed E-state index contributed by atoms with van der Waals surface area (Å²) >= 11 is 0. The van der Waals surface area contributed by atoms with E-state index in [1.165, 1.54) is 19.2 Å². The topological polar surface area (TPSA) is 75.7 Å². The van der Waals surface area contributed by atoms with Crippen LogP contribution in [0.2, 0.25) is 0 Å². The molecule has 3 rings (SSSR count). The predicted octanol–water partition coefficient (Wildman–Crippen LogP) is 4.38. The van der Waals surface area contributed by atoms with Crippen molar-refractivity contribution in [3.05, 3.63) is 89.5 Å². The number of hydrogen-bond acceptors (Lipinski definition) is 4. The summed E-state index contributed by atoms with van der Waals surface area (Å²) in [6.45, 7) is 5.51. The van der Waals surface area contributed by atoms with Crippen LogP contribution in [0.3, 0.4) is 0 Å². The zero-order valence-electron chi connectivity index (χ0n) is 18.7. The number of anilines is 1. The van der Waals surface area contributed by atoms with Crippen LogP contribution in [-0.4, -0.2) is 28.0 Å². The third-order valence-corrected chi connectivity index (χ3v) is 7.02. The van der Waals surface area contributed by atoms with E-state index in [1.807, 2.05) is 32.9 Å². The summed E-state index contributed by atoms with van der Waals surface area (Å²) in [5, 5.41) is 2.93. The van der Waals surface area contributed by atoms with E-state index in [0.29, 0.717) is 11.4 Å². The second kappa shape index (κ2) is 9.87. The van der Waals surface area contributed by atoms with Crippen molar-refractivity contribution in [3.63, 3.8) is 0 Å². The molecule has 1 atom stereocenters. The fraction of sp³-hybridized carbons (Fsp3) is 0.240. The number of sulfonamides is 1. The first kappa shape index (κ1) is 23.3. The van der Waals surface area contributed by atoms with Crippen LogP contribution in [0.1, 0.15) is 29.7 Å². The Labute approximate surface area is 189 Å². The maximum atomic E-state index is 13.5. The van der Waals surface area contributed by atoms with Crippen LogP contribution in [0.4, 0.5) is 5.69 Å². The van der Waals surface area contributed by atoms with Gasteiger partial charge in [-0.05, 0) is 56.2 Å². The molecule has 0 saturated heterocycles. The van der Waals surface area contributed by atoms with Crippen molar-refractivity contribution in [1.82, 2.24) is 5.32 Å². The normalized spacial score (nSPS) is 12.1. The molecule has 0 bridgehead atoms. The van der Waals surface area contributed by atoms with Crippen molar-refractivity contribution < 1.29 is 17.9 Å². The van der Waals surface area contributed by atoms with Crippen LogP contribution in [0.25, 0.3) is 0 Å². The number of nitrogens with one attached hydrogen (secondary N) is 1. The molecule has 0 aliphatic heterocycles. The number of para-hydroxylation sites is 2. The van der Waals surface area contributed by atoms with Gasteiger partial charge in [0.05, 0.1) is 23.7 Å². The van der Waals surface area contributed by atoms with Gasteiger partial charge in [0.15, 0.2) is 0 Å². The second-order valence-corrected chi connectivity index (χ2v) is 9.51. The first-order valence-electron chi connectivity index (χ1n) is 10.3. The quantitative estimate of drug-likeness (QED) is 0.550. The van der Waals surface area contributed by atoms with E-state index in [-0.39, 0.29) is 17.5 Å². The number of nitrogens with zero attached hydrogens (tertiary/aromatic N) is 1. The summed E-state index contributed by atoms with van der Waals surface area (Å²) in [6.07, 6.45) is 0. The Morgan fingerprint density at radius 3 is 2.31 bits per heavy atom. The molecule has 3 aromatic carbocycles. The lowest BCUT2D eigenvalue weighted by Gasteiger charge is -2.26. The van der Waals surface area contributed by atoms with Crippen molar-refractivity contribution >= 4 is 21.6 Å². The highest BCUT2D eigenvalue weighted by atomic mass is 32.2. The number of aryl methyl sites for hydroxylation is 2. The van der Waals surface area contributed by atoms with Gasteiger partial charge >= 0.3 is 0 Å². The van der Waals surface area contributed by atoms with E-state index in [2.05, 4.69) is 11.4 Å². The smallest absolute Gasteiger partial charge is 0.264 e. The highest BCUT2D eigenvalue weighted by Crippen LogP contribution is 2.32. The number of rotatable bonds is 8. The first-order valence-corrected chi connectivity index (χ1v) is 11.8. The molecule has 0 aliphatic carbocycles. The SMILES string of the molecule is COc1ccccc1N(CC(=O)N[C@H](C)c1ccc(C)cc1C)S(=O)(=O)c1ccccc1. The van der Waals surface area contributed by atoms with Crippen LogP contribution < -0.4 is 14.4 Å². The molecule has 0 radical (unpaired) electrons. The third-order valence-electron chi connectivity index (χ3n) is 5.24. The lowest BCUT2D eigenvalue weighted by Crippen LogP contribution is -2.41. The van der Waals surface area contributed by atoms with Crippen molar-refractivity contribution in [2.75, 3.05) is 18.0 Å². The van der Waals surface area contributed by atoms with Gasteiger partial charge in [0.25, 0.3) is 10.0 Å². The monoisotopic (exact) mass is 452 g/mol. The fourth-order valence-electron chi connectivity index (χ4n) is 3.66. The second-order valence-electron chi connectivity index (χ2n) is 7.65. The molecule has 7 heteroatoms. The number of methoxy groups -OCH3 is 1. The molecule has 6 nitrogen and oxygen atoms in total. The summed E-state index contributed by atoms with van der Waals surface area (Å²) in [7, 11) is -2.54. The summed E-state index contributed by atoms with van der Waals surface area (Å²) in [5.41, 5.74) is 3.49. The first-order chi connectivity index (χ1) is 15.2. The standard InChI is InChI=1S/C25H28N2O4S/c1-18-14-15-22(19(2)16-18)20(3)26-25(28)17-27(23-12-8-9-13-24(23)31-4)32(29,30)21-10-6-5-7-11-21/h5-16,20H,17H2,1-4H3,(H,26,28)/t20-/m1/s1. The summed E-state index contributed by atoms with van der Waals surface area (Å²) in [6, 6.07) is 20.6. The molecule has 1 amide bonds. The maximum absolute atomic E-state index is 13.5. The number of ether oxygens (including phenoxy) is 1. The van der Waals surface area contributed by atoms with Gasteiger partial charge in [-0.2, -0.15) is 0 Å². The Kier molecular flexibility index (Phi) is 7.20. The summed E-state index contributed by atoms with van der Waals surface area (Å²) in [4.78, 5) is 13.1. The molecular formula is C25H28N2O4S. The maximum Gasteiger partial charge on any atom is 0.264 e. The van der Waals surface area contributed by atoms with Gasteiger partial charge in [0.2, 0.25) is 5.91 Å². The average molecular weight is 453 g/mol. The van der Waals surface area contributed by atoms with Gasteiger partial charge in [-0.15, -0.1) is 0 Å². The molecule has 0 unspecified atom stereocenters. The van der Waals surface area contributed by atoms with Crippen LogP contribution in [0.15, 0.2) is 77.7 Å². The summed E-state index contributed by atoms with van der Waals surface area (Å²) in [5.74, 6) is -0.0508. The number of carbonyl (C=O) groups excluding carboxylic acids is 1. The zero-order chi connectivity index (χ0) is 23.3. The van der Waals surface area contributed by atoms with Gasteiger partial charge in [0.1, 0.15) is 12.3 Å². The van der Waals surface area contributed by atoms with Gasteiger partial charge in [0, 0.05) is 0 Å². The number of amides is 1. The fourth-order valence-corrected chi connectivity index (χ4v) is 5.11. The minimum absolute atomic E-state index is 0.0983. The molecular weight excluding hydrogens is 424 g/mol. The van der Waals surface area contributed by atoms with Gasteiger partial charge in [-0.3, -0.25) is 9.10 Å². The predicted molar refractivity (Wildman–Crippen MR) is 126 cm³/mol. The Morgan fingerprint density at radius 2 is 1.66 bits per heavy atom. The molecule has 0 aromatic heterocycles. The van der Waals surface area contributed by atoms with E-state index in [4.69, 9.17) is 4.74 Å². The lowest BCUT2D eigenvalue weighted by molar-refractivity contribution is -0.120. The van der Waals surface area contributed by atoms with Gasteiger partial charge in [-0.25, -0.2) is 8.42 Å². The molecule has 32 heavy (non-hydrogen) atoms. The zero-order valence-corrected chi connectivity index (χ0v) is 19.5. The van der Waals surface area contributed by atoms with Crippen LogP contribution >= 0.6 is 0 Å². The lowest BCUT2D eigenvalue weighted by atomic mass is 10.0. The highest BCUT2D eigenvalue weighted by molar-refractivity contribution is 7.92. The van der Waals surface area contributed by atoms with Crippen molar-refractivity contribution in [2.24, 2.45) is 0 Å². The van der Waals surface area contributed by atoms with Crippen LogP contribution in [-0.2, 0) is 14.8 Å². The summed E-state index contributed by atoms with van der Waals surface area (Å²) < 4.78 is 33.4. The van der Waals surface area contributed by atoms with Gasteiger partial charge < -0.3 is 10.1 Å². The number of carbonyl (C=O) groups is 1. The van der Waals surface area contributed by atoms with Gasteiger partial charge in [-0.1, -0.05) is 54.1 Å². The van der Waals surface area contributed by atoms with Crippen molar-refractivity contribution in [3.8, 4) is 5.75 Å². The molecule has 0 fully saturated rings. The van der Waals surface area contributed by atoms with E-state index in [1.54, 1.807) is 42.5 Å². The Morgan fingerprint density at radius 1 is 1.00 bits per heavy atom. The van der Waals surface area contributed by atoms with E-state index < -0.39 is 15.9 Å². The van der Waals surface area contributed by atoms with Crippen molar-refractivity contribution in [2.45, 2.75) is 31.7 Å². The molecule has 0 saturated carbocycles. The Hall–Kier alpha value is -3.32. The molecule has 0 spiro atoms. The third kappa shape index (κ3) is 5.11. The Balaban J connectivity index is 1.93. The van der Waals surface area contributed by atoms with Crippen LogP contribution in [0, 0.1) is 13.8 Å². The molecule has 1 N–H and O–H groups in total. The average Bonchev–Trinajstić information content (AvgIpc) is 2.77. The minimum Gasteiger partial charge on any atom is -0.495 e. The number of benzene rings is 3. The van der Waals surface area contributed by atoms with Crippen LogP contribution in [0.5, 0.6) is 5.75 Å². The molecule has 3 aromatic rings. The van der Waals surface area contributed by atoms with E-state index in [9.17, 15) is 13.2 Å². The molecule has 168 valence electrons.